The molecule has 0 atom stereocenters. The normalized spacial score (nSPS) is 10.2. The molecule has 0 aliphatic carbocycles. The summed E-state index contributed by atoms with van der Waals surface area (Å²) in [5.74, 6) is 1.44. The molecule has 0 aliphatic heterocycles. The Morgan fingerprint density at radius 1 is 0.905 bits per heavy atom. The van der Waals surface area contributed by atoms with Gasteiger partial charge in [-0.1, -0.05) is 29.8 Å². The average molecular weight is 305 g/mol. The summed E-state index contributed by atoms with van der Waals surface area (Å²) < 4.78 is 10.4. The van der Waals surface area contributed by atoms with Gasteiger partial charge in [0.05, 0.1) is 14.2 Å². The van der Waals surface area contributed by atoms with Gasteiger partial charge in [-0.05, 0) is 35.4 Å². The third-order valence-electron chi connectivity index (χ3n) is 3.16. The van der Waals surface area contributed by atoms with Crippen molar-refractivity contribution in [1.29, 1.82) is 0 Å². The molecule has 4 heteroatoms. The Morgan fingerprint density at radius 3 is 2.10 bits per heavy atom. The number of carbonyl (C=O) groups excluding carboxylic acids is 1. The van der Waals surface area contributed by atoms with Crippen molar-refractivity contribution in [2.45, 2.75) is 12.8 Å². The number of methoxy groups -OCH3 is 2. The lowest BCUT2D eigenvalue weighted by molar-refractivity contribution is -0.117. The van der Waals surface area contributed by atoms with Gasteiger partial charge in [0.2, 0.25) is 0 Å². The molecule has 0 heterocycles. The first kappa shape index (κ1) is 15.4. The Kier molecular flexibility index (Phi) is 5.23. The highest BCUT2D eigenvalue weighted by Crippen LogP contribution is 2.27. The third kappa shape index (κ3) is 4.23. The number of hydrogen-bond acceptors (Lipinski definition) is 3. The van der Waals surface area contributed by atoms with Crippen molar-refractivity contribution in [3.63, 3.8) is 0 Å². The van der Waals surface area contributed by atoms with Crippen LogP contribution in [0.15, 0.2) is 42.5 Å². The first-order valence-corrected chi connectivity index (χ1v) is 6.97. The molecule has 0 aromatic heterocycles. The lowest BCUT2D eigenvalue weighted by Gasteiger charge is -2.09. The zero-order valence-electron chi connectivity index (χ0n) is 12.1. The number of ether oxygens (including phenoxy) is 2. The van der Waals surface area contributed by atoms with Crippen LogP contribution in [0.5, 0.6) is 11.5 Å². The smallest absolute Gasteiger partial charge is 0.161 e. The number of Topliss-reactive ketones (excluding diaryl/α,β-unsaturated/α-hetero) is 1. The summed E-state index contributed by atoms with van der Waals surface area (Å²) in [6, 6.07) is 12.8. The summed E-state index contributed by atoms with van der Waals surface area (Å²) in [4.78, 5) is 12.1. The number of carbonyl (C=O) groups is 1. The second-order valence-corrected chi connectivity index (χ2v) is 5.14. The van der Waals surface area contributed by atoms with E-state index in [0.29, 0.717) is 29.4 Å². The van der Waals surface area contributed by atoms with Crippen molar-refractivity contribution >= 4 is 17.4 Å². The Morgan fingerprint density at radius 2 is 1.48 bits per heavy atom. The number of ketones is 1. The van der Waals surface area contributed by atoms with Crippen molar-refractivity contribution in [1.82, 2.24) is 0 Å². The zero-order valence-corrected chi connectivity index (χ0v) is 12.8. The minimum Gasteiger partial charge on any atom is -0.493 e. The van der Waals surface area contributed by atoms with Crippen LogP contribution in [0.4, 0.5) is 0 Å². The maximum absolute atomic E-state index is 12.1. The van der Waals surface area contributed by atoms with Crippen LogP contribution in [-0.2, 0) is 17.6 Å². The highest BCUT2D eigenvalue weighted by molar-refractivity contribution is 6.30. The Bertz CT molecular complexity index is 620. The molecule has 0 saturated heterocycles. The summed E-state index contributed by atoms with van der Waals surface area (Å²) in [6.45, 7) is 0. The number of hydrogen-bond donors (Lipinski definition) is 0. The summed E-state index contributed by atoms with van der Waals surface area (Å²) in [6.07, 6.45) is 0.758. The molecular formula is C17H17ClO3. The molecule has 0 radical (unpaired) electrons. The molecule has 0 aliphatic rings. The number of rotatable bonds is 6. The monoisotopic (exact) mass is 304 g/mol. The Labute approximate surface area is 129 Å². The average Bonchev–Trinajstić information content (AvgIpc) is 2.49. The van der Waals surface area contributed by atoms with Crippen LogP contribution in [0.1, 0.15) is 11.1 Å². The first-order chi connectivity index (χ1) is 10.1. The number of halogens is 1. The van der Waals surface area contributed by atoms with Gasteiger partial charge in [0.25, 0.3) is 0 Å². The molecule has 110 valence electrons. The minimum absolute atomic E-state index is 0.143. The molecule has 2 aromatic rings. The molecule has 21 heavy (non-hydrogen) atoms. The molecule has 0 unspecified atom stereocenters. The summed E-state index contributed by atoms with van der Waals surface area (Å²) in [5, 5.41) is 0.672. The van der Waals surface area contributed by atoms with E-state index in [2.05, 4.69) is 0 Å². The maximum atomic E-state index is 12.1. The van der Waals surface area contributed by atoms with Gasteiger partial charge in [0.1, 0.15) is 5.78 Å². The molecule has 3 nitrogen and oxygen atoms in total. The first-order valence-electron chi connectivity index (χ1n) is 6.59. The molecule has 0 saturated carbocycles. The fourth-order valence-corrected chi connectivity index (χ4v) is 2.24. The van der Waals surface area contributed by atoms with Gasteiger partial charge in [0, 0.05) is 17.9 Å². The topological polar surface area (TPSA) is 35.5 Å². The van der Waals surface area contributed by atoms with Crippen LogP contribution >= 0.6 is 11.6 Å². The largest absolute Gasteiger partial charge is 0.493 e. The van der Waals surface area contributed by atoms with Crippen LogP contribution < -0.4 is 9.47 Å². The van der Waals surface area contributed by atoms with Gasteiger partial charge in [-0.15, -0.1) is 0 Å². The second kappa shape index (κ2) is 7.14. The van der Waals surface area contributed by atoms with E-state index >= 15 is 0 Å². The minimum atomic E-state index is 0.143. The highest BCUT2D eigenvalue weighted by atomic mass is 35.5. The van der Waals surface area contributed by atoms with E-state index in [0.717, 1.165) is 11.1 Å². The van der Waals surface area contributed by atoms with Gasteiger partial charge in [-0.25, -0.2) is 0 Å². The maximum Gasteiger partial charge on any atom is 0.161 e. The molecule has 2 rings (SSSR count). The van der Waals surface area contributed by atoms with Crippen LogP contribution in [-0.4, -0.2) is 20.0 Å². The molecule has 0 fully saturated rings. The Hall–Kier alpha value is -2.00. The molecule has 0 N–H and O–H groups in total. The predicted octanol–water partition coefficient (Wildman–Crippen LogP) is 3.71. The van der Waals surface area contributed by atoms with Crippen molar-refractivity contribution < 1.29 is 14.3 Å². The lowest BCUT2D eigenvalue weighted by Crippen LogP contribution is -2.06. The van der Waals surface area contributed by atoms with Crippen LogP contribution in [0.3, 0.4) is 0 Å². The predicted molar refractivity (Wildman–Crippen MR) is 83.4 cm³/mol. The van der Waals surface area contributed by atoms with Crippen molar-refractivity contribution in [2.75, 3.05) is 14.2 Å². The molecule has 0 amide bonds. The molecule has 2 aromatic carbocycles. The quantitative estimate of drug-likeness (QED) is 0.816. The van der Waals surface area contributed by atoms with Crippen LogP contribution in [0.2, 0.25) is 5.02 Å². The fraction of sp³-hybridized carbons (Fsp3) is 0.235. The van der Waals surface area contributed by atoms with E-state index in [1.165, 1.54) is 0 Å². The fourth-order valence-electron chi connectivity index (χ4n) is 2.11. The van der Waals surface area contributed by atoms with Gasteiger partial charge in [-0.2, -0.15) is 0 Å². The van der Waals surface area contributed by atoms with Crippen molar-refractivity contribution in [2.24, 2.45) is 0 Å². The van der Waals surface area contributed by atoms with E-state index in [-0.39, 0.29) is 5.78 Å². The summed E-state index contributed by atoms with van der Waals surface area (Å²) in [7, 11) is 3.17. The SMILES string of the molecule is COc1ccc(CC(=O)Cc2ccc(Cl)cc2)cc1OC. The molecule has 0 bridgehead atoms. The highest BCUT2D eigenvalue weighted by Gasteiger charge is 2.09. The molecular weight excluding hydrogens is 288 g/mol. The van der Waals surface area contributed by atoms with Gasteiger partial charge >= 0.3 is 0 Å². The van der Waals surface area contributed by atoms with Gasteiger partial charge < -0.3 is 9.47 Å². The van der Waals surface area contributed by atoms with Crippen molar-refractivity contribution in [3.05, 3.63) is 58.6 Å². The van der Waals surface area contributed by atoms with E-state index in [1.54, 1.807) is 26.4 Å². The van der Waals surface area contributed by atoms with E-state index in [9.17, 15) is 4.79 Å². The summed E-state index contributed by atoms with van der Waals surface area (Å²) in [5.41, 5.74) is 1.87. The third-order valence-corrected chi connectivity index (χ3v) is 3.42. The summed E-state index contributed by atoms with van der Waals surface area (Å²) >= 11 is 5.83. The zero-order chi connectivity index (χ0) is 15.2. The van der Waals surface area contributed by atoms with Crippen LogP contribution in [0, 0.1) is 0 Å². The van der Waals surface area contributed by atoms with Gasteiger partial charge in [0.15, 0.2) is 11.5 Å². The number of benzene rings is 2. The Balaban J connectivity index is 2.04. The van der Waals surface area contributed by atoms with E-state index in [1.807, 2.05) is 30.3 Å². The standard InChI is InChI=1S/C17H17ClO3/c1-20-16-8-5-13(11-17(16)21-2)10-15(19)9-12-3-6-14(18)7-4-12/h3-8,11H,9-10H2,1-2H3. The second-order valence-electron chi connectivity index (χ2n) is 4.71. The van der Waals surface area contributed by atoms with Crippen molar-refractivity contribution in [3.8, 4) is 11.5 Å². The lowest BCUT2D eigenvalue weighted by atomic mass is 10.0. The van der Waals surface area contributed by atoms with E-state index < -0.39 is 0 Å². The van der Waals surface area contributed by atoms with E-state index in [4.69, 9.17) is 21.1 Å². The van der Waals surface area contributed by atoms with Crippen LogP contribution in [0.25, 0.3) is 0 Å². The van der Waals surface area contributed by atoms with Gasteiger partial charge in [-0.3, -0.25) is 4.79 Å². The molecule has 0 spiro atoms.